The average molecular weight is 291 g/mol. The van der Waals surface area contributed by atoms with Gasteiger partial charge in [-0.05, 0) is 17.5 Å². The van der Waals surface area contributed by atoms with Gasteiger partial charge in [0.25, 0.3) is 0 Å². The van der Waals surface area contributed by atoms with Gasteiger partial charge in [-0.25, -0.2) is 4.98 Å². The molecule has 0 saturated heterocycles. The Bertz CT molecular complexity index is 299. The largest absolute Gasteiger partial charge is 0.224 e. The summed E-state index contributed by atoms with van der Waals surface area (Å²) >= 11 is 5.21. The van der Waals surface area contributed by atoms with E-state index in [0.717, 1.165) is 10.8 Å². The molecule has 86 valence electrons. The summed E-state index contributed by atoms with van der Waals surface area (Å²) in [6.07, 6.45) is 0. The van der Waals surface area contributed by atoms with Gasteiger partial charge < -0.3 is 0 Å². The van der Waals surface area contributed by atoms with Gasteiger partial charge >= 0.3 is 0 Å². The van der Waals surface area contributed by atoms with Gasteiger partial charge in [0.2, 0.25) is 0 Å². The molecule has 2 atom stereocenters. The van der Waals surface area contributed by atoms with Crippen LogP contribution in [0.4, 0.5) is 0 Å². The second-order valence-corrected chi connectivity index (χ2v) is 6.82. The van der Waals surface area contributed by atoms with Crippen molar-refractivity contribution in [2.75, 3.05) is 0 Å². The molecule has 0 fully saturated rings. The number of aromatic nitrogens is 2. The van der Waals surface area contributed by atoms with Gasteiger partial charge in [-0.2, -0.15) is 4.37 Å². The van der Waals surface area contributed by atoms with Crippen LogP contribution in [0, 0.1) is 5.92 Å². The molecular formula is C11H19BrN2S. The summed E-state index contributed by atoms with van der Waals surface area (Å²) in [6.45, 7) is 10.9. The number of halogens is 1. The number of hydrogen-bond donors (Lipinski definition) is 0. The summed E-state index contributed by atoms with van der Waals surface area (Å²) < 4.78 is 4.41. The number of hydrogen-bond acceptors (Lipinski definition) is 3. The van der Waals surface area contributed by atoms with E-state index in [0.29, 0.717) is 22.6 Å². The van der Waals surface area contributed by atoms with Crippen molar-refractivity contribution in [1.82, 2.24) is 9.36 Å². The molecule has 0 spiro atoms. The molecule has 0 N–H and O–H groups in total. The zero-order chi connectivity index (χ0) is 11.6. The van der Waals surface area contributed by atoms with Crippen molar-refractivity contribution < 1.29 is 0 Å². The van der Waals surface area contributed by atoms with Gasteiger partial charge in [-0.3, -0.25) is 0 Å². The fourth-order valence-electron chi connectivity index (χ4n) is 1.63. The third-order valence-corrected chi connectivity index (χ3v) is 3.87. The third-order valence-electron chi connectivity index (χ3n) is 2.47. The van der Waals surface area contributed by atoms with Crippen molar-refractivity contribution in [3.63, 3.8) is 0 Å². The summed E-state index contributed by atoms with van der Waals surface area (Å²) in [4.78, 5) is 5.08. The van der Waals surface area contributed by atoms with Gasteiger partial charge in [0.05, 0.1) is 0 Å². The van der Waals surface area contributed by atoms with E-state index in [9.17, 15) is 0 Å². The lowest BCUT2D eigenvalue weighted by molar-refractivity contribution is 0.495. The Morgan fingerprint density at radius 3 is 2.07 bits per heavy atom. The minimum absolute atomic E-state index is 0.424. The minimum atomic E-state index is 0.424. The molecule has 0 aliphatic rings. The molecule has 0 amide bonds. The Balaban J connectivity index is 2.92. The normalized spacial score (nSPS) is 16.0. The molecule has 0 saturated carbocycles. The Morgan fingerprint density at radius 1 is 1.13 bits per heavy atom. The highest BCUT2D eigenvalue weighted by atomic mass is 79.9. The van der Waals surface area contributed by atoms with E-state index >= 15 is 0 Å². The molecule has 1 aromatic heterocycles. The first-order valence-electron chi connectivity index (χ1n) is 5.41. The molecular weight excluding hydrogens is 272 g/mol. The number of nitrogens with zero attached hydrogens (tertiary/aromatic N) is 2. The smallest absolute Gasteiger partial charge is 0.145 e. The summed E-state index contributed by atoms with van der Waals surface area (Å²) in [6, 6.07) is 0. The standard InChI is InChI=1S/C11H19BrN2S/c1-6(2)9(8(5)12)11-13-10(7(3)4)14-15-11/h6-9H,1-5H3. The highest BCUT2D eigenvalue weighted by Gasteiger charge is 2.25. The molecule has 2 unspecified atom stereocenters. The number of rotatable bonds is 4. The van der Waals surface area contributed by atoms with Crippen LogP contribution in [0.3, 0.4) is 0 Å². The zero-order valence-electron chi connectivity index (χ0n) is 9.99. The predicted octanol–water partition coefficient (Wildman–Crippen LogP) is 4.18. The summed E-state index contributed by atoms with van der Waals surface area (Å²) in [5.41, 5.74) is 0. The van der Waals surface area contributed by atoms with Crippen molar-refractivity contribution in [2.45, 2.75) is 51.3 Å². The van der Waals surface area contributed by atoms with Gasteiger partial charge in [0, 0.05) is 16.7 Å². The first-order chi connectivity index (χ1) is 6.93. The molecule has 1 aromatic rings. The van der Waals surface area contributed by atoms with Crippen molar-refractivity contribution >= 4 is 27.5 Å². The van der Waals surface area contributed by atoms with Gasteiger partial charge in [-0.15, -0.1) is 0 Å². The highest BCUT2D eigenvalue weighted by molar-refractivity contribution is 9.09. The quantitative estimate of drug-likeness (QED) is 0.778. The number of alkyl halides is 1. The van der Waals surface area contributed by atoms with Crippen LogP contribution in [0.5, 0.6) is 0 Å². The van der Waals surface area contributed by atoms with E-state index in [1.807, 2.05) is 0 Å². The van der Waals surface area contributed by atoms with E-state index < -0.39 is 0 Å². The Kier molecular flexibility index (Phi) is 4.71. The topological polar surface area (TPSA) is 25.8 Å². The maximum atomic E-state index is 4.63. The van der Waals surface area contributed by atoms with Gasteiger partial charge in [0.1, 0.15) is 10.8 Å². The monoisotopic (exact) mass is 290 g/mol. The van der Waals surface area contributed by atoms with E-state index in [2.05, 4.69) is 59.9 Å². The van der Waals surface area contributed by atoms with Crippen LogP contribution in [0.15, 0.2) is 0 Å². The van der Waals surface area contributed by atoms with Crippen LogP contribution in [0.1, 0.15) is 57.3 Å². The average Bonchev–Trinajstić information content (AvgIpc) is 2.51. The zero-order valence-corrected chi connectivity index (χ0v) is 12.4. The molecule has 15 heavy (non-hydrogen) atoms. The molecule has 0 aromatic carbocycles. The molecule has 2 nitrogen and oxygen atoms in total. The van der Waals surface area contributed by atoms with E-state index in [-0.39, 0.29) is 0 Å². The minimum Gasteiger partial charge on any atom is -0.224 e. The summed E-state index contributed by atoms with van der Waals surface area (Å²) in [5, 5.41) is 1.16. The van der Waals surface area contributed by atoms with E-state index in [4.69, 9.17) is 0 Å². The lowest BCUT2D eigenvalue weighted by atomic mass is 9.94. The van der Waals surface area contributed by atoms with E-state index in [1.165, 1.54) is 0 Å². The summed E-state index contributed by atoms with van der Waals surface area (Å²) in [7, 11) is 0. The second kappa shape index (κ2) is 5.39. The maximum absolute atomic E-state index is 4.63. The van der Waals surface area contributed by atoms with Crippen LogP contribution in [0.25, 0.3) is 0 Å². The first kappa shape index (κ1) is 13.1. The van der Waals surface area contributed by atoms with Gasteiger partial charge in [-0.1, -0.05) is 50.5 Å². The molecule has 0 aliphatic carbocycles. The molecule has 0 radical (unpaired) electrons. The van der Waals surface area contributed by atoms with Gasteiger partial charge in [0.15, 0.2) is 0 Å². The lowest BCUT2D eigenvalue weighted by Crippen LogP contribution is -2.15. The van der Waals surface area contributed by atoms with Crippen LogP contribution < -0.4 is 0 Å². The van der Waals surface area contributed by atoms with E-state index in [1.54, 1.807) is 11.5 Å². The van der Waals surface area contributed by atoms with Crippen LogP contribution in [-0.4, -0.2) is 14.2 Å². The van der Waals surface area contributed by atoms with Crippen molar-refractivity contribution in [3.8, 4) is 0 Å². The fraction of sp³-hybridized carbons (Fsp3) is 0.818. The van der Waals surface area contributed by atoms with Crippen molar-refractivity contribution in [2.24, 2.45) is 5.92 Å². The third kappa shape index (κ3) is 3.25. The van der Waals surface area contributed by atoms with Crippen LogP contribution >= 0.6 is 27.5 Å². The van der Waals surface area contributed by atoms with Crippen molar-refractivity contribution in [3.05, 3.63) is 10.8 Å². The maximum Gasteiger partial charge on any atom is 0.145 e. The Morgan fingerprint density at radius 2 is 1.73 bits per heavy atom. The fourth-order valence-corrected chi connectivity index (χ4v) is 3.84. The molecule has 1 heterocycles. The second-order valence-electron chi connectivity index (χ2n) is 4.59. The van der Waals surface area contributed by atoms with Crippen LogP contribution in [-0.2, 0) is 0 Å². The molecule has 0 bridgehead atoms. The lowest BCUT2D eigenvalue weighted by Gasteiger charge is -2.20. The Labute approximate surface area is 105 Å². The first-order valence-corrected chi connectivity index (χ1v) is 7.10. The Hall–Kier alpha value is 0.0400. The van der Waals surface area contributed by atoms with Crippen molar-refractivity contribution in [1.29, 1.82) is 0 Å². The van der Waals surface area contributed by atoms with Crippen LogP contribution in [0.2, 0.25) is 0 Å². The SMILES string of the molecule is CC(C)c1nsc(C(C(C)C)C(C)Br)n1. The predicted molar refractivity (Wildman–Crippen MR) is 70.0 cm³/mol. The molecule has 1 rings (SSSR count). The molecule has 0 aliphatic heterocycles. The summed E-state index contributed by atoms with van der Waals surface area (Å²) in [5.74, 6) is 2.46. The molecule has 4 heteroatoms. The highest BCUT2D eigenvalue weighted by Crippen LogP contribution is 2.33.